The van der Waals surface area contributed by atoms with Crippen LogP contribution in [-0.2, 0) is 0 Å². The number of anilines is 1. The summed E-state index contributed by atoms with van der Waals surface area (Å²) < 4.78 is 0.882. The van der Waals surface area contributed by atoms with Gasteiger partial charge in [0.1, 0.15) is 0 Å². The Kier molecular flexibility index (Phi) is 5.00. The van der Waals surface area contributed by atoms with Crippen LogP contribution in [0.25, 0.3) is 0 Å². The van der Waals surface area contributed by atoms with Gasteiger partial charge in [-0.2, -0.15) is 0 Å². The maximum absolute atomic E-state index is 11.3. The van der Waals surface area contributed by atoms with Crippen molar-refractivity contribution in [3.63, 3.8) is 0 Å². The highest BCUT2D eigenvalue weighted by atomic mass is 79.9. The average Bonchev–Trinajstić information content (AvgIpc) is 2.25. The number of benzene rings is 1. The van der Waals surface area contributed by atoms with Gasteiger partial charge in [0.05, 0.1) is 0 Å². The monoisotopic (exact) mass is 283 g/mol. The Balaban J connectivity index is 2.99. The number of hydrogen-bond donors (Lipinski definition) is 0. The molecule has 0 N–H and O–H groups in total. The van der Waals surface area contributed by atoms with Gasteiger partial charge in [-0.05, 0) is 54.4 Å². The van der Waals surface area contributed by atoms with Gasteiger partial charge in [-0.25, -0.2) is 0 Å². The van der Waals surface area contributed by atoms with E-state index in [4.69, 9.17) is 0 Å². The van der Waals surface area contributed by atoms with Gasteiger partial charge in [0, 0.05) is 28.8 Å². The smallest absolute Gasteiger partial charge is 0.160 e. The third kappa shape index (κ3) is 3.08. The first-order valence-corrected chi connectivity index (χ1v) is 6.44. The van der Waals surface area contributed by atoms with E-state index in [0.717, 1.165) is 29.5 Å². The molecule has 0 spiro atoms. The first-order chi connectivity index (χ1) is 7.60. The molecule has 0 aromatic heterocycles. The topological polar surface area (TPSA) is 20.3 Å². The predicted molar refractivity (Wildman–Crippen MR) is 72.3 cm³/mol. The van der Waals surface area contributed by atoms with Gasteiger partial charge in [0.2, 0.25) is 0 Å². The van der Waals surface area contributed by atoms with Gasteiger partial charge < -0.3 is 4.90 Å². The summed E-state index contributed by atoms with van der Waals surface area (Å²) in [5.74, 6) is 0.0944. The van der Waals surface area contributed by atoms with E-state index < -0.39 is 0 Å². The molecule has 0 atom stereocenters. The Morgan fingerprint density at radius 1 is 1.38 bits per heavy atom. The highest BCUT2D eigenvalue weighted by Crippen LogP contribution is 2.24. The Bertz CT molecular complexity index is 376. The molecule has 0 fully saturated rings. The van der Waals surface area contributed by atoms with Crippen LogP contribution in [0.3, 0.4) is 0 Å². The van der Waals surface area contributed by atoms with Crippen molar-refractivity contribution in [3.05, 3.63) is 28.2 Å². The third-order valence-corrected chi connectivity index (χ3v) is 3.23. The van der Waals surface area contributed by atoms with Gasteiger partial charge in [-0.1, -0.05) is 6.92 Å². The number of hydrogen-bond acceptors (Lipinski definition) is 2. The molecule has 1 rings (SSSR count). The van der Waals surface area contributed by atoms with Crippen LogP contribution in [0.2, 0.25) is 0 Å². The molecule has 1 aromatic rings. The van der Waals surface area contributed by atoms with Crippen molar-refractivity contribution in [2.75, 3.05) is 18.0 Å². The van der Waals surface area contributed by atoms with Crippen LogP contribution < -0.4 is 4.90 Å². The van der Waals surface area contributed by atoms with Crippen LogP contribution in [0.5, 0.6) is 0 Å². The average molecular weight is 284 g/mol. The molecule has 0 radical (unpaired) electrons. The fourth-order valence-corrected chi connectivity index (χ4v) is 2.37. The van der Waals surface area contributed by atoms with Crippen molar-refractivity contribution in [3.8, 4) is 0 Å². The number of carbonyl (C=O) groups excluding carboxylic acids is 1. The minimum absolute atomic E-state index is 0.0944. The first-order valence-electron chi connectivity index (χ1n) is 5.65. The van der Waals surface area contributed by atoms with Crippen molar-refractivity contribution in [2.24, 2.45) is 0 Å². The Labute approximate surface area is 106 Å². The SMILES string of the molecule is CCCN(CC)c1ccc(C(C)=O)c(Br)c1. The van der Waals surface area contributed by atoms with E-state index >= 15 is 0 Å². The molecule has 0 saturated carbocycles. The normalized spacial score (nSPS) is 10.2. The number of halogens is 1. The van der Waals surface area contributed by atoms with Crippen molar-refractivity contribution in [1.29, 1.82) is 0 Å². The van der Waals surface area contributed by atoms with Crippen molar-refractivity contribution >= 4 is 27.4 Å². The van der Waals surface area contributed by atoms with Gasteiger partial charge in [0.25, 0.3) is 0 Å². The number of rotatable bonds is 5. The fourth-order valence-electron chi connectivity index (χ4n) is 1.73. The van der Waals surface area contributed by atoms with E-state index in [2.05, 4.69) is 34.7 Å². The standard InChI is InChI=1S/C13H18BrNO/c1-4-8-15(5-2)11-6-7-12(10(3)16)13(14)9-11/h6-7,9H,4-5,8H2,1-3H3. The second kappa shape index (κ2) is 6.04. The molecule has 0 unspecified atom stereocenters. The van der Waals surface area contributed by atoms with E-state index in [1.54, 1.807) is 6.92 Å². The molecule has 0 heterocycles. The van der Waals surface area contributed by atoms with E-state index in [9.17, 15) is 4.79 Å². The Hall–Kier alpha value is -0.830. The van der Waals surface area contributed by atoms with Crippen LogP contribution in [0.15, 0.2) is 22.7 Å². The lowest BCUT2D eigenvalue weighted by molar-refractivity contribution is 0.101. The lowest BCUT2D eigenvalue weighted by Gasteiger charge is -2.23. The quantitative estimate of drug-likeness (QED) is 0.765. The summed E-state index contributed by atoms with van der Waals surface area (Å²) in [6.45, 7) is 7.93. The Morgan fingerprint density at radius 3 is 2.50 bits per heavy atom. The van der Waals surface area contributed by atoms with E-state index in [-0.39, 0.29) is 5.78 Å². The van der Waals surface area contributed by atoms with E-state index in [1.165, 1.54) is 5.69 Å². The molecule has 3 heteroatoms. The first kappa shape index (κ1) is 13.2. The zero-order valence-corrected chi connectivity index (χ0v) is 11.7. The second-order valence-electron chi connectivity index (χ2n) is 3.80. The molecule has 0 aliphatic rings. The zero-order valence-electron chi connectivity index (χ0n) is 10.1. The highest BCUT2D eigenvalue weighted by molar-refractivity contribution is 9.10. The Morgan fingerprint density at radius 2 is 2.06 bits per heavy atom. The molecule has 1 aromatic carbocycles. The molecule has 0 saturated heterocycles. The number of Topliss-reactive ketones (excluding diaryl/α,β-unsaturated/α-hetero) is 1. The largest absolute Gasteiger partial charge is 0.372 e. The molecule has 88 valence electrons. The summed E-state index contributed by atoms with van der Waals surface area (Å²) in [5, 5.41) is 0. The van der Waals surface area contributed by atoms with Crippen LogP contribution in [-0.4, -0.2) is 18.9 Å². The van der Waals surface area contributed by atoms with Crippen LogP contribution in [0.4, 0.5) is 5.69 Å². The highest BCUT2D eigenvalue weighted by Gasteiger charge is 2.08. The lowest BCUT2D eigenvalue weighted by Crippen LogP contribution is -2.23. The van der Waals surface area contributed by atoms with Gasteiger partial charge >= 0.3 is 0 Å². The van der Waals surface area contributed by atoms with Gasteiger partial charge in [0.15, 0.2) is 5.78 Å². The van der Waals surface area contributed by atoms with Crippen LogP contribution in [0, 0.1) is 0 Å². The molecule has 0 aliphatic heterocycles. The number of carbonyl (C=O) groups is 1. The summed E-state index contributed by atoms with van der Waals surface area (Å²) in [6, 6.07) is 5.93. The zero-order chi connectivity index (χ0) is 12.1. The van der Waals surface area contributed by atoms with Crippen molar-refractivity contribution in [2.45, 2.75) is 27.2 Å². The lowest BCUT2D eigenvalue weighted by atomic mass is 10.1. The summed E-state index contributed by atoms with van der Waals surface area (Å²) in [5.41, 5.74) is 1.91. The summed E-state index contributed by atoms with van der Waals surface area (Å²) in [7, 11) is 0. The van der Waals surface area contributed by atoms with E-state index in [0.29, 0.717) is 0 Å². The number of nitrogens with zero attached hydrogens (tertiary/aromatic N) is 1. The third-order valence-electron chi connectivity index (χ3n) is 2.57. The maximum Gasteiger partial charge on any atom is 0.160 e. The molecular weight excluding hydrogens is 266 g/mol. The minimum Gasteiger partial charge on any atom is -0.372 e. The van der Waals surface area contributed by atoms with Crippen LogP contribution in [0.1, 0.15) is 37.6 Å². The fraction of sp³-hybridized carbons (Fsp3) is 0.462. The van der Waals surface area contributed by atoms with Crippen molar-refractivity contribution in [1.82, 2.24) is 0 Å². The predicted octanol–water partition coefficient (Wildman–Crippen LogP) is 3.89. The maximum atomic E-state index is 11.3. The summed E-state index contributed by atoms with van der Waals surface area (Å²) in [4.78, 5) is 13.6. The number of ketones is 1. The van der Waals surface area contributed by atoms with Crippen molar-refractivity contribution < 1.29 is 4.79 Å². The summed E-state index contributed by atoms with van der Waals surface area (Å²) >= 11 is 3.45. The van der Waals surface area contributed by atoms with Crippen LogP contribution >= 0.6 is 15.9 Å². The molecular formula is C13H18BrNO. The second-order valence-corrected chi connectivity index (χ2v) is 4.65. The molecule has 0 amide bonds. The molecule has 0 bridgehead atoms. The minimum atomic E-state index is 0.0944. The van der Waals surface area contributed by atoms with Gasteiger partial charge in [-0.15, -0.1) is 0 Å². The van der Waals surface area contributed by atoms with E-state index in [1.807, 2.05) is 18.2 Å². The summed E-state index contributed by atoms with van der Waals surface area (Å²) in [6.07, 6.45) is 1.12. The molecule has 0 aliphatic carbocycles. The molecule has 2 nitrogen and oxygen atoms in total. The van der Waals surface area contributed by atoms with Gasteiger partial charge in [-0.3, -0.25) is 4.79 Å². The molecule has 16 heavy (non-hydrogen) atoms.